The molecule has 156 valence electrons. The lowest BCUT2D eigenvalue weighted by Crippen LogP contribution is -2.51. The molecule has 4 rings (SSSR count). The van der Waals surface area contributed by atoms with Gasteiger partial charge >= 0.3 is 0 Å². The lowest BCUT2D eigenvalue weighted by atomic mass is 9.94. The number of aromatic nitrogens is 1. The number of hydrogen-bond donors (Lipinski definition) is 0. The number of pyridine rings is 1. The van der Waals surface area contributed by atoms with Gasteiger partial charge in [0.15, 0.2) is 0 Å². The van der Waals surface area contributed by atoms with E-state index in [1.54, 1.807) is 17.0 Å². The molecule has 1 unspecified atom stereocenters. The Bertz CT molecular complexity index is 777. The lowest BCUT2D eigenvalue weighted by Gasteiger charge is -2.40. The van der Waals surface area contributed by atoms with Gasteiger partial charge in [-0.2, -0.15) is 0 Å². The van der Waals surface area contributed by atoms with Crippen molar-refractivity contribution >= 4 is 29.3 Å². The number of halogens is 1. The topological polar surface area (TPSA) is 73.8 Å². The van der Waals surface area contributed by atoms with Crippen molar-refractivity contribution in [2.24, 2.45) is 5.92 Å². The Labute approximate surface area is 176 Å². The third-order valence-corrected chi connectivity index (χ3v) is 6.58. The van der Waals surface area contributed by atoms with E-state index in [0.717, 1.165) is 38.6 Å². The van der Waals surface area contributed by atoms with Gasteiger partial charge in [0.25, 0.3) is 5.91 Å². The van der Waals surface area contributed by atoms with Gasteiger partial charge in [0, 0.05) is 51.4 Å². The molecular weight excluding hydrogens is 392 g/mol. The second-order valence-electron chi connectivity index (χ2n) is 8.21. The summed E-state index contributed by atoms with van der Waals surface area (Å²) in [7, 11) is 0. The third-order valence-electron chi connectivity index (χ3n) is 6.36. The van der Waals surface area contributed by atoms with Crippen LogP contribution in [0.4, 0.5) is 0 Å². The van der Waals surface area contributed by atoms with E-state index in [-0.39, 0.29) is 29.7 Å². The van der Waals surface area contributed by atoms with Crippen LogP contribution in [0, 0.1) is 5.92 Å². The predicted molar refractivity (Wildman–Crippen MR) is 108 cm³/mol. The number of amides is 3. The molecule has 3 amide bonds. The number of likely N-dealkylation sites (tertiary alicyclic amines) is 3. The molecule has 3 saturated heterocycles. The summed E-state index contributed by atoms with van der Waals surface area (Å²) in [6.45, 7) is 3.35. The summed E-state index contributed by atoms with van der Waals surface area (Å²) in [6, 6.07) is 3.56. The number of carbonyl (C=O) groups excluding carboxylic acids is 3. The number of piperidine rings is 2. The van der Waals surface area contributed by atoms with Gasteiger partial charge in [-0.25, -0.2) is 4.98 Å². The van der Waals surface area contributed by atoms with Gasteiger partial charge in [0.05, 0.1) is 11.5 Å². The zero-order chi connectivity index (χ0) is 20.4. The van der Waals surface area contributed by atoms with Crippen LogP contribution in [0.1, 0.15) is 48.9 Å². The van der Waals surface area contributed by atoms with Crippen LogP contribution >= 0.6 is 11.6 Å². The third kappa shape index (κ3) is 4.39. The standard InChI is InChI=1S/C21H27ClN4O3/c22-18-6-5-15(13-23-18)20(28)25-9-1-3-16(14-25)21(29)24-11-7-17(8-12-24)26-10-2-4-19(26)27/h5-6,13,16-17H,1-4,7-12,14H2. The Hall–Kier alpha value is -2.15. The van der Waals surface area contributed by atoms with Crippen LogP contribution in [0.25, 0.3) is 0 Å². The fraction of sp³-hybridized carbons (Fsp3) is 0.619. The van der Waals surface area contributed by atoms with Crippen molar-refractivity contribution in [1.29, 1.82) is 0 Å². The largest absolute Gasteiger partial charge is 0.342 e. The van der Waals surface area contributed by atoms with Gasteiger partial charge in [-0.05, 0) is 44.2 Å². The molecule has 0 aromatic carbocycles. The van der Waals surface area contributed by atoms with Crippen LogP contribution in [0.15, 0.2) is 18.3 Å². The molecule has 0 saturated carbocycles. The highest BCUT2D eigenvalue weighted by Gasteiger charge is 2.35. The van der Waals surface area contributed by atoms with Crippen LogP contribution < -0.4 is 0 Å². The fourth-order valence-corrected chi connectivity index (χ4v) is 4.87. The first-order chi connectivity index (χ1) is 14.0. The maximum Gasteiger partial charge on any atom is 0.255 e. The number of carbonyl (C=O) groups is 3. The summed E-state index contributed by atoms with van der Waals surface area (Å²) in [5, 5.41) is 0.354. The highest BCUT2D eigenvalue weighted by Crippen LogP contribution is 2.26. The van der Waals surface area contributed by atoms with Crippen LogP contribution in [0.3, 0.4) is 0 Å². The molecule has 8 heteroatoms. The second kappa shape index (κ2) is 8.69. The molecule has 0 aliphatic carbocycles. The molecule has 0 radical (unpaired) electrons. The zero-order valence-corrected chi connectivity index (χ0v) is 17.3. The Morgan fingerprint density at radius 3 is 2.45 bits per heavy atom. The van der Waals surface area contributed by atoms with Crippen molar-refractivity contribution < 1.29 is 14.4 Å². The Balaban J connectivity index is 1.32. The minimum absolute atomic E-state index is 0.0991. The van der Waals surface area contributed by atoms with Crippen molar-refractivity contribution in [3.05, 3.63) is 29.0 Å². The highest BCUT2D eigenvalue weighted by atomic mass is 35.5. The van der Waals surface area contributed by atoms with E-state index < -0.39 is 0 Å². The monoisotopic (exact) mass is 418 g/mol. The first-order valence-corrected chi connectivity index (χ1v) is 10.9. The quantitative estimate of drug-likeness (QED) is 0.705. The molecule has 1 aromatic rings. The van der Waals surface area contributed by atoms with E-state index >= 15 is 0 Å². The summed E-state index contributed by atoms with van der Waals surface area (Å²) in [5.74, 6) is 0.145. The molecule has 0 spiro atoms. The number of hydrogen-bond acceptors (Lipinski definition) is 4. The van der Waals surface area contributed by atoms with Crippen LogP contribution in [-0.4, -0.2) is 76.2 Å². The molecule has 3 aliphatic heterocycles. The smallest absolute Gasteiger partial charge is 0.255 e. The minimum atomic E-state index is -0.155. The van der Waals surface area contributed by atoms with Crippen molar-refractivity contribution in [3.63, 3.8) is 0 Å². The fourth-order valence-electron chi connectivity index (χ4n) is 4.76. The van der Waals surface area contributed by atoms with Crippen molar-refractivity contribution in [2.75, 3.05) is 32.7 Å². The maximum absolute atomic E-state index is 13.1. The molecule has 4 heterocycles. The molecule has 0 N–H and O–H groups in total. The number of nitrogens with zero attached hydrogens (tertiary/aromatic N) is 4. The molecule has 1 atom stereocenters. The summed E-state index contributed by atoms with van der Waals surface area (Å²) in [5.41, 5.74) is 0.499. The summed E-state index contributed by atoms with van der Waals surface area (Å²) in [4.78, 5) is 47.5. The van der Waals surface area contributed by atoms with Gasteiger partial charge in [-0.15, -0.1) is 0 Å². The second-order valence-corrected chi connectivity index (χ2v) is 8.59. The van der Waals surface area contributed by atoms with E-state index in [1.807, 2.05) is 9.80 Å². The van der Waals surface area contributed by atoms with Crippen molar-refractivity contribution in [1.82, 2.24) is 19.7 Å². The SMILES string of the molecule is O=C(c1ccc(Cl)nc1)N1CCCC(C(=O)N2CCC(N3CCCC3=O)CC2)C1. The van der Waals surface area contributed by atoms with Crippen LogP contribution in [0.5, 0.6) is 0 Å². The Morgan fingerprint density at radius 1 is 1.00 bits per heavy atom. The summed E-state index contributed by atoms with van der Waals surface area (Å²) in [6.07, 6.45) is 6.43. The average Bonchev–Trinajstić information content (AvgIpc) is 3.19. The van der Waals surface area contributed by atoms with Crippen molar-refractivity contribution in [2.45, 2.75) is 44.6 Å². The van der Waals surface area contributed by atoms with Gasteiger partial charge in [0.2, 0.25) is 11.8 Å². The number of rotatable bonds is 3. The van der Waals surface area contributed by atoms with Crippen molar-refractivity contribution in [3.8, 4) is 0 Å². The molecule has 7 nitrogen and oxygen atoms in total. The van der Waals surface area contributed by atoms with Gasteiger partial charge < -0.3 is 14.7 Å². The van der Waals surface area contributed by atoms with E-state index in [1.165, 1.54) is 6.20 Å². The highest BCUT2D eigenvalue weighted by molar-refractivity contribution is 6.29. The molecule has 1 aromatic heterocycles. The molecule has 3 fully saturated rings. The molecule has 3 aliphatic rings. The van der Waals surface area contributed by atoms with E-state index in [4.69, 9.17) is 11.6 Å². The summed E-state index contributed by atoms with van der Waals surface area (Å²) < 4.78 is 0. The molecule has 29 heavy (non-hydrogen) atoms. The normalized spacial score (nSPS) is 23.6. The van der Waals surface area contributed by atoms with Gasteiger partial charge in [0.1, 0.15) is 5.15 Å². The Morgan fingerprint density at radius 2 is 1.79 bits per heavy atom. The Kier molecular flexibility index (Phi) is 6.04. The average molecular weight is 419 g/mol. The first-order valence-electron chi connectivity index (χ1n) is 10.5. The lowest BCUT2D eigenvalue weighted by molar-refractivity contribution is -0.139. The first kappa shape index (κ1) is 20.1. The van der Waals surface area contributed by atoms with E-state index in [2.05, 4.69) is 4.98 Å². The zero-order valence-electron chi connectivity index (χ0n) is 16.6. The molecular formula is C21H27ClN4O3. The van der Waals surface area contributed by atoms with Gasteiger partial charge in [-0.3, -0.25) is 14.4 Å². The predicted octanol–water partition coefficient (Wildman–Crippen LogP) is 2.20. The van der Waals surface area contributed by atoms with Gasteiger partial charge in [-0.1, -0.05) is 11.6 Å². The minimum Gasteiger partial charge on any atom is -0.342 e. The maximum atomic E-state index is 13.1. The van der Waals surface area contributed by atoms with E-state index in [0.29, 0.717) is 43.3 Å². The van der Waals surface area contributed by atoms with E-state index in [9.17, 15) is 14.4 Å². The van der Waals surface area contributed by atoms with Crippen LogP contribution in [0.2, 0.25) is 5.15 Å². The van der Waals surface area contributed by atoms with Crippen LogP contribution in [-0.2, 0) is 9.59 Å². The summed E-state index contributed by atoms with van der Waals surface area (Å²) >= 11 is 5.80. The molecule has 0 bridgehead atoms.